The predicted molar refractivity (Wildman–Crippen MR) is 94.3 cm³/mol. The van der Waals surface area contributed by atoms with E-state index >= 15 is 0 Å². The Bertz CT molecular complexity index is 945. The van der Waals surface area contributed by atoms with Crippen LogP contribution in [-0.4, -0.2) is 9.91 Å². The van der Waals surface area contributed by atoms with Gasteiger partial charge in [0.1, 0.15) is 16.7 Å². The molecule has 0 spiro atoms. The quantitative estimate of drug-likeness (QED) is 0.334. The molecule has 0 aliphatic heterocycles. The van der Waals surface area contributed by atoms with Crippen LogP contribution in [0.5, 0.6) is 11.5 Å². The van der Waals surface area contributed by atoms with Gasteiger partial charge >= 0.3 is 0 Å². The molecule has 3 rings (SSSR count). The molecule has 0 atom stereocenters. The van der Waals surface area contributed by atoms with Crippen molar-refractivity contribution in [2.75, 3.05) is 0 Å². The summed E-state index contributed by atoms with van der Waals surface area (Å²) in [6, 6.07) is 11.7. The summed E-state index contributed by atoms with van der Waals surface area (Å²) in [7, 11) is 0. The first-order valence-corrected chi connectivity index (χ1v) is 7.94. The molecule has 0 saturated heterocycles. The van der Waals surface area contributed by atoms with Gasteiger partial charge in [0.25, 0.3) is 5.69 Å². The van der Waals surface area contributed by atoms with Gasteiger partial charge in [-0.05, 0) is 36.8 Å². The second kappa shape index (κ2) is 6.63. The topological polar surface area (TPSA) is 65.3 Å². The van der Waals surface area contributed by atoms with Crippen molar-refractivity contribution in [2.45, 2.75) is 13.3 Å². The summed E-state index contributed by atoms with van der Waals surface area (Å²) in [5, 5.41) is 12.4. The van der Waals surface area contributed by atoms with E-state index in [-0.39, 0.29) is 10.7 Å². The molecule has 0 saturated carbocycles. The average Bonchev–Trinajstić information content (AvgIpc) is 2.56. The maximum Gasteiger partial charge on any atom is 0.271 e. The monoisotopic (exact) mass is 362 g/mol. The van der Waals surface area contributed by atoms with Crippen molar-refractivity contribution in [1.82, 2.24) is 4.98 Å². The van der Waals surface area contributed by atoms with Gasteiger partial charge in [0.2, 0.25) is 0 Å². The van der Waals surface area contributed by atoms with Gasteiger partial charge in [0.15, 0.2) is 0 Å². The second-order valence-electron chi connectivity index (χ2n) is 5.12. The molecule has 122 valence electrons. The molecule has 2 aromatic carbocycles. The first kappa shape index (κ1) is 16.5. The highest BCUT2D eigenvalue weighted by Gasteiger charge is 2.16. The van der Waals surface area contributed by atoms with Crippen LogP contribution < -0.4 is 4.74 Å². The third kappa shape index (κ3) is 3.27. The molecule has 24 heavy (non-hydrogen) atoms. The Morgan fingerprint density at radius 2 is 1.96 bits per heavy atom. The molecule has 7 heteroatoms. The van der Waals surface area contributed by atoms with E-state index in [9.17, 15) is 10.1 Å². The van der Waals surface area contributed by atoms with E-state index < -0.39 is 4.92 Å². The van der Waals surface area contributed by atoms with E-state index in [1.54, 1.807) is 18.2 Å². The normalized spacial score (nSPS) is 10.8. The summed E-state index contributed by atoms with van der Waals surface area (Å²) in [5.74, 6) is 0.989. The zero-order valence-electron chi connectivity index (χ0n) is 12.6. The Balaban J connectivity index is 2.01. The third-order valence-corrected chi connectivity index (χ3v) is 4.03. The number of hydrogen-bond donors (Lipinski definition) is 0. The molecule has 0 amide bonds. The number of pyridine rings is 1. The number of aromatic nitrogens is 1. The van der Waals surface area contributed by atoms with Crippen molar-refractivity contribution in [3.8, 4) is 11.5 Å². The lowest BCUT2D eigenvalue weighted by Crippen LogP contribution is -1.96. The molecule has 0 unspecified atom stereocenters. The summed E-state index contributed by atoms with van der Waals surface area (Å²) in [6.45, 7) is 1.88. The molecule has 0 radical (unpaired) electrons. The van der Waals surface area contributed by atoms with E-state index in [0.717, 1.165) is 10.9 Å². The highest BCUT2D eigenvalue weighted by atomic mass is 35.5. The first-order valence-electron chi connectivity index (χ1n) is 7.19. The Hall–Kier alpha value is -2.37. The van der Waals surface area contributed by atoms with Crippen molar-refractivity contribution >= 4 is 39.8 Å². The van der Waals surface area contributed by atoms with Gasteiger partial charge in [-0.1, -0.05) is 30.1 Å². The number of ether oxygens (including phenoxy) is 1. The fraction of sp³-hybridized carbons (Fsp3) is 0.118. The number of nitrogens with zero attached hydrogens (tertiary/aromatic N) is 2. The molecular formula is C17H12Cl2N2O3. The van der Waals surface area contributed by atoms with Gasteiger partial charge in [-0.25, -0.2) is 4.98 Å². The lowest BCUT2D eigenvalue weighted by atomic mass is 10.1. The molecule has 5 nitrogen and oxygen atoms in total. The molecular weight excluding hydrogens is 351 g/mol. The highest BCUT2D eigenvalue weighted by Crippen LogP contribution is 2.37. The van der Waals surface area contributed by atoms with Crippen LogP contribution in [0.1, 0.15) is 12.5 Å². The van der Waals surface area contributed by atoms with Crippen LogP contribution in [0.2, 0.25) is 10.2 Å². The number of halogens is 2. The second-order valence-corrected chi connectivity index (χ2v) is 5.91. The Morgan fingerprint density at radius 3 is 2.67 bits per heavy atom. The van der Waals surface area contributed by atoms with Crippen LogP contribution in [-0.2, 0) is 6.42 Å². The van der Waals surface area contributed by atoms with Gasteiger partial charge in [-0.3, -0.25) is 10.1 Å². The first-order chi connectivity index (χ1) is 11.5. The van der Waals surface area contributed by atoms with Crippen molar-refractivity contribution in [3.63, 3.8) is 0 Å². The minimum absolute atomic E-state index is 0.0541. The van der Waals surface area contributed by atoms with E-state index in [0.29, 0.717) is 28.6 Å². The minimum Gasteiger partial charge on any atom is -0.455 e. The fourth-order valence-corrected chi connectivity index (χ4v) is 2.80. The van der Waals surface area contributed by atoms with Crippen molar-refractivity contribution < 1.29 is 9.66 Å². The molecule has 1 heterocycles. The van der Waals surface area contributed by atoms with E-state index in [1.807, 2.05) is 19.1 Å². The Labute approximate surface area is 147 Å². The van der Waals surface area contributed by atoms with Crippen LogP contribution in [0.15, 0.2) is 42.5 Å². The lowest BCUT2D eigenvalue weighted by molar-refractivity contribution is -0.384. The van der Waals surface area contributed by atoms with Crippen LogP contribution >= 0.6 is 23.2 Å². The fourth-order valence-electron chi connectivity index (χ4n) is 2.38. The van der Waals surface area contributed by atoms with E-state index in [1.165, 1.54) is 12.1 Å². The molecule has 0 aliphatic rings. The van der Waals surface area contributed by atoms with Crippen LogP contribution in [0, 0.1) is 10.1 Å². The number of rotatable bonds is 4. The number of nitro groups is 1. The van der Waals surface area contributed by atoms with Gasteiger partial charge in [0, 0.05) is 23.1 Å². The minimum atomic E-state index is -0.472. The standard InChI is InChI=1S/C17H12Cl2N2O3/c1-2-10-7-12(21(22)23)9-14(18)17(10)24-13-4-5-15-11(8-13)3-6-16(19)20-15/h3-9H,2H2,1H3. The SMILES string of the molecule is CCc1cc([N+](=O)[O-])cc(Cl)c1Oc1ccc2nc(Cl)ccc2c1. The number of hydrogen-bond acceptors (Lipinski definition) is 4. The number of nitro benzene ring substituents is 1. The number of non-ortho nitro benzene ring substituents is 1. The van der Waals surface area contributed by atoms with Gasteiger partial charge in [-0.2, -0.15) is 0 Å². The van der Waals surface area contributed by atoms with Crippen LogP contribution in [0.3, 0.4) is 0 Å². The summed E-state index contributed by atoms with van der Waals surface area (Å²) in [6.07, 6.45) is 0.557. The lowest BCUT2D eigenvalue weighted by Gasteiger charge is -2.12. The van der Waals surface area contributed by atoms with Crippen molar-refractivity contribution in [1.29, 1.82) is 0 Å². The highest BCUT2D eigenvalue weighted by molar-refractivity contribution is 6.32. The molecule has 0 fully saturated rings. The molecule has 0 N–H and O–H groups in total. The van der Waals surface area contributed by atoms with Crippen LogP contribution in [0.4, 0.5) is 5.69 Å². The van der Waals surface area contributed by atoms with E-state index in [2.05, 4.69) is 4.98 Å². The van der Waals surface area contributed by atoms with Gasteiger partial charge in [0.05, 0.1) is 15.5 Å². The number of fused-ring (bicyclic) bond motifs is 1. The number of benzene rings is 2. The summed E-state index contributed by atoms with van der Waals surface area (Å²) < 4.78 is 5.89. The predicted octanol–water partition coefficient (Wildman–Crippen LogP) is 5.80. The van der Waals surface area contributed by atoms with E-state index in [4.69, 9.17) is 27.9 Å². The smallest absolute Gasteiger partial charge is 0.271 e. The number of aryl methyl sites for hydroxylation is 1. The largest absolute Gasteiger partial charge is 0.455 e. The van der Waals surface area contributed by atoms with Crippen molar-refractivity contribution in [3.05, 3.63) is 68.3 Å². The average molecular weight is 363 g/mol. The molecule has 1 aromatic heterocycles. The molecule has 0 aliphatic carbocycles. The maximum atomic E-state index is 11.0. The van der Waals surface area contributed by atoms with Gasteiger partial charge < -0.3 is 4.74 Å². The Morgan fingerprint density at radius 1 is 1.17 bits per heavy atom. The van der Waals surface area contributed by atoms with Crippen molar-refractivity contribution in [2.24, 2.45) is 0 Å². The zero-order chi connectivity index (χ0) is 17.3. The Kier molecular flexibility index (Phi) is 4.55. The summed E-state index contributed by atoms with van der Waals surface area (Å²) >= 11 is 12.1. The zero-order valence-corrected chi connectivity index (χ0v) is 14.1. The summed E-state index contributed by atoms with van der Waals surface area (Å²) in [5.41, 5.74) is 1.37. The molecule has 0 bridgehead atoms. The maximum absolute atomic E-state index is 11.0. The molecule has 3 aromatic rings. The summed E-state index contributed by atoms with van der Waals surface area (Å²) in [4.78, 5) is 14.7. The van der Waals surface area contributed by atoms with Crippen LogP contribution in [0.25, 0.3) is 10.9 Å². The third-order valence-electron chi connectivity index (χ3n) is 3.54. The van der Waals surface area contributed by atoms with Gasteiger partial charge in [-0.15, -0.1) is 0 Å².